The van der Waals surface area contributed by atoms with Crippen LogP contribution in [0, 0.1) is 20.8 Å². The molecule has 0 aliphatic rings. The molecule has 1 amide bonds. The van der Waals surface area contributed by atoms with Crippen LogP contribution in [-0.4, -0.2) is 25.3 Å². The Morgan fingerprint density at radius 3 is 2.36 bits per heavy atom. The van der Waals surface area contributed by atoms with Crippen molar-refractivity contribution in [3.63, 3.8) is 0 Å². The van der Waals surface area contributed by atoms with Crippen LogP contribution >= 0.6 is 11.8 Å². The van der Waals surface area contributed by atoms with E-state index in [4.69, 9.17) is 0 Å². The molecule has 0 unspecified atom stereocenters. The smallest absolute Gasteiger partial charge is 0.275 e. The van der Waals surface area contributed by atoms with Crippen LogP contribution in [0.1, 0.15) is 27.6 Å². The second-order valence-electron chi connectivity index (χ2n) is 6.54. The molecule has 140 valence electrons. The highest BCUT2D eigenvalue weighted by molar-refractivity contribution is 7.99. The highest BCUT2D eigenvalue weighted by Gasteiger charge is 2.12. The summed E-state index contributed by atoms with van der Waals surface area (Å²) in [5.41, 5.74) is 4.77. The topological polar surface area (TPSA) is 72.2 Å². The van der Waals surface area contributed by atoms with Gasteiger partial charge >= 0.3 is 0 Å². The van der Waals surface area contributed by atoms with Crippen LogP contribution in [0.25, 0.3) is 5.65 Å². The second-order valence-corrected chi connectivity index (χ2v) is 7.58. The number of fused-ring (bicyclic) bond motifs is 1. The fourth-order valence-corrected chi connectivity index (χ4v) is 3.77. The van der Waals surface area contributed by atoms with Crippen LogP contribution in [-0.2, 0) is 0 Å². The van der Waals surface area contributed by atoms with E-state index in [1.165, 1.54) is 11.8 Å². The zero-order valence-corrected chi connectivity index (χ0v) is 16.6. The summed E-state index contributed by atoms with van der Waals surface area (Å²) >= 11 is 1.49. The van der Waals surface area contributed by atoms with E-state index in [9.17, 15) is 4.79 Å². The van der Waals surface area contributed by atoms with Gasteiger partial charge in [-0.25, -0.2) is 15.0 Å². The summed E-state index contributed by atoms with van der Waals surface area (Å²) in [7, 11) is 0. The van der Waals surface area contributed by atoms with Crippen LogP contribution in [0.4, 0.5) is 5.69 Å². The highest BCUT2D eigenvalue weighted by Crippen LogP contribution is 2.26. The molecule has 3 aromatic heterocycles. The number of benzene rings is 1. The Bertz CT molecular complexity index is 1150. The average molecular weight is 389 g/mol. The van der Waals surface area contributed by atoms with Crippen LogP contribution in [0.5, 0.6) is 0 Å². The van der Waals surface area contributed by atoms with Gasteiger partial charge < -0.3 is 9.72 Å². The monoisotopic (exact) mass is 389 g/mol. The molecule has 0 aliphatic heterocycles. The summed E-state index contributed by atoms with van der Waals surface area (Å²) in [6.07, 6.45) is 1.75. The minimum atomic E-state index is -0.235. The number of hydrogen-bond acceptors (Lipinski definition) is 5. The Balaban J connectivity index is 1.47. The zero-order chi connectivity index (χ0) is 19.7. The molecule has 0 saturated heterocycles. The molecule has 4 aromatic rings. The van der Waals surface area contributed by atoms with Gasteiger partial charge in [-0.3, -0.25) is 4.79 Å². The van der Waals surface area contributed by atoms with Crippen molar-refractivity contribution in [1.29, 1.82) is 0 Å². The number of pyridine rings is 1. The van der Waals surface area contributed by atoms with Crippen molar-refractivity contribution in [3.8, 4) is 0 Å². The predicted molar refractivity (Wildman–Crippen MR) is 110 cm³/mol. The van der Waals surface area contributed by atoms with E-state index in [1.807, 2.05) is 73.7 Å². The van der Waals surface area contributed by atoms with E-state index in [0.29, 0.717) is 16.5 Å². The minimum Gasteiger partial charge on any atom is -0.321 e. The molecular weight excluding hydrogens is 370 g/mol. The first kappa shape index (κ1) is 18.2. The standard InChI is InChI=1S/C21H19N5OS/c1-13-11-14(2)23-21(22-13)28-17-9-7-16(8-10-17)24-20(27)18-12-26-15(3)5-4-6-19(26)25-18/h4-12H,1-3H3,(H,24,27). The lowest BCUT2D eigenvalue weighted by Crippen LogP contribution is -2.12. The highest BCUT2D eigenvalue weighted by atomic mass is 32.2. The third-order valence-corrected chi connectivity index (χ3v) is 5.08. The fourth-order valence-electron chi connectivity index (χ4n) is 2.90. The Morgan fingerprint density at radius 1 is 0.964 bits per heavy atom. The van der Waals surface area contributed by atoms with Gasteiger partial charge in [0.15, 0.2) is 5.16 Å². The Morgan fingerprint density at radius 2 is 1.68 bits per heavy atom. The Hall–Kier alpha value is -3.19. The molecule has 0 saturated carbocycles. The van der Waals surface area contributed by atoms with Crippen molar-refractivity contribution in [2.75, 3.05) is 5.32 Å². The van der Waals surface area contributed by atoms with Crippen LogP contribution in [0.3, 0.4) is 0 Å². The van der Waals surface area contributed by atoms with Crippen molar-refractivity contribution in [1.82, 2.24) is 19.4 Å². The van der Waals surface area contributed by atoms with E-state index in [2.05, 4.69) is 20.3 Å². The molecule has 4 rings (SSSR count). The van der Waals surface area contributed by atoms with Crippen LogP contribution in [0.15, 0.2) is 64.8 Å². The number of rotatable bonds is 4. The molecule has 0 spiro atoms. The van der Waals surface area contributed by atoms with E-state index in [1.54, 1.807) is 6.20 Å². The first-order valence-corrected chi connectivity index (χ1v) is 9.66. The van der Waals surface area contributed by atoms with Gasteiger partial charge in [0.05, 0.1) is 0 Å². The lowest BCUT2D eigenvalue weighted by Gasteiger charge is -2.06. The average Bonchev–Trinajstić information content (AvgIpc) is 3.08. The third kappa shape index (κ3) is 3.89. The number of anilines is 1. The van der Waals surface area contributed by atoms with Crippen molar-refractivity contribution in [2.45, 2.75) is 30.8 Å². The molecule has 1 aromatic carbocycles. The zero-order valence-electron chi connectivity index (χ0n) is 15.8. The van der Waals surface area contributed by atoms with Gasteiger partial charge in [-0.15, -0.1) is 0 Å². The van der Waals surface area contributed by atoms with Gasteiger partial charge in [-0.2, -0.15) is 0 Å². The second kappa shape index (κ2) is 7.44. The summed E-state index contributed by atoms with van der Waals surface area (Å²) in [5.74, 6) is -0.235. The summed E-state index contributed by atoms with van der Waals surface area (Å²) < 4.78 is 1.90. The van der Waals surface area contributed by atoms with Crippen molar-refractivity contribution < 1.29 is 4.79 Å². The van der Waals surface area contributed by atoms with Gasteiger partial charge in [-0.1, -0.05) is 6.07 Å². The Kier molecular flexibility index (Phi) is 4.83. The van der Waals surface area contributed by atoms with Crippen LogP contribution < -0.4 is 5.32 Å². The summed E-state index contributed by atoms with van der Waals surface area (Å²) in [6, 6.07) is 15.3. The van der Waals surface area contributed by atoms with Crippen molar-refractivity contribution in [2.24, 2.45) is 0 Å². The molecule has 3 heterocycles. The SMILES string of the molecule is Cc1cc(C)nc(Sc2ccc(NC(=O)c3cn4c(C)cccc4n3)cc2)n1. The summed E-state index contributed by atoms with van der Waals surface area (Å²) in [4.78, 5) is 26.8. The van der Waals surface area contributed by atoms with E-state index < -0.39 is 0 Å². The number of nitrogens with zero attached hydrogens (tertiary/aromatic N) is 4. The number of carbonyl (C=O) groups is 1. The molecular formula is C21H19N5OS. The third-order valence-electron chi connectivity index (χ3n) is 4.21. The van der Waals surface area contributed by atoms with Gasteiger partial charge in [0, 0.05) is 33.9 Å². The molecule has 28 heavy (non-hydrogen) atoms. The summed E-state index contributed by atoms with van der Waals surface area (Å²) in [6.45, 7) is 5.89. The molecule has 0 radical (unpaired) electrons. The fraction of sp³-hybridized carbons (Fsp3) is 0.143. The predicted octanol–water partition coefficient (Wildman–Crippen LogP) is 4.45. The number of carbonyl (C=O) groups excluding carboxylic acids is 1. The first-order chi connectivity index (χ1) is 13.5. The number of aryl methyl sites for hydroxylation is 3. The van der Waals surface area contributed by atoms with Gasteiger partial charge in [0.1, 0.15) is 11.3 Å². The molecule has 6 nitrogen and oxygen atoms in total. The largest absolute Gasteiger partial charge is 0.321 e. The number of nitrogens with one attached hydrogen (secondary N) is 1. The molecule has 1 N–H and O–H groups in total. The minimum absolute atomic E-state index is 0.235. The maximum absolute atomic E-state index is 12.5. The number of hydrogen-bond donors (Lipinski definition) is 1. The lowest BCUT2D eigenvalue weighted by atomic mass is 10.3. The van der Waals surface area contributed by atoms with Gasteiger partial charge in [0.25, 0.3) is 5.91 Å². The first-order valence-electron chi connectivity index (χ1n) is 8.84. The van der Waals surface area contributed by atoms with E-state index in [0.717, 1.165) is 27.6 Å². The van der Waals surface area contributed by atoms with E-state index in [-0.39, 0.29) is 5.91 Å². The summed E-state index contributed by atoms with van der Waals surface area (Å²) in [5, 5.41) is 3.61. The molecule has 0 bridgehead atoms. The number of aromatic nitrogens is 4. The Labute approximate surface area is 167 Å². The van der Waals surface area contributed by atoms with Gasteiger partial charge in [-0.05, 0) is 75.0 Å². The van der Waals surface area contributed by atoms with E-state index >= 15 is 0 Å². The number of imidazole rings is 1. The maximum atomic E-state index is 12.5. The van der Waals surface area contributed by atoms with Crippen molar-refractivity contribution >= 4 is 29.0 Å². The molecule has 0 atom stereocenters. The maximum Gasteiger partial charge on any atom is 0.275 e. The normalized spacial score (nSPS) is 11.0. The quantitative estimate of drug-likeness (QED) is 0.522. The van der Waals surface area contributed by atoms with Gasteiger partial charge in [0.2, 0.25) is 0 Å². The molecule has 0 aliphatic carbocycles. The van der Waals surface area contributed by atoms with Crippen molar-refractivity contribution in [3.05, 3.63) is 77.5 Å². The number of amides is 1. The van der Waals surface area contributed by atoms with Crippen LogP contribution in [0.2, 0.25) is 0 Å². The lowest BCUT2D eigenvalue weighted by molar-refractivity contribution is 0.102. The molecule has 7 heteroatoms. The molecule has 0 fully saturated rings.